The molecular weight excluding hydrogens is 188 g/mol. The van der Waals surface area contributed by atoms with Crippen LogP contribution in [0.1, 0.15) is 34.5 Å². The summed E-state index contributed by atoms with van der Waals surface area (Å²) in [6, 6.07) is 2.01. The van der Waals surface area contributed by atoms with Crippen LogP contribution in [0.25, 0.3) is 6.08 Å². The standard InChI is InChI=1S/C12H12N2O/c15-11-5-1-4-10-9(11)7-8-3-2-6-13-12(8)14-10/h1,4,7H,2-3,5-6H2,(H,13,14). The lowest BCUT2D eigenvalue weighted by Gasteiger charge is -2.19. The number of Topliss-reactive ketones (excluding diaryl/α,β-unsaturated/α-hetero) is 1. The predicted molar refractivity (Wildman–Crippen MR) is 59.0 cm³/mol. The lowest BCUT2D eigenvalue weighted by atomic mass is 9.96. The first-order valence-electron chi connectivity index (χ1n) is 5.32. The molecule has 15 heavy (non-hydrogen) atoms. The molecule has 0 fully saturated rings. The minimum absolute atomic E-state index is 0.188. The van der Waals surface area contributed by atoms with Gasteiger partial charge in [0.05, 0.1) is 5.69 Å². The van der Waals surface area contributed by atoms with Crippen molar-refractivity contribution in [3.63, 3.8) is 0 Å². The van der Waals surface area contributed by atoms with E-state index < -0.39 is 0 Å². The van der Waals surface area contributed by atoms with Crippen molar-refractivity contribution in [2.24, 2.45) is 0 Å². The van der Waals surface area contributed by atoms with Gasteiger partial charge in [-0.25, -0.2) is 4.98 Å². The summed E-state index contributed by atoms with van der Waals surface area (Å²) in [4.78, 5) is 16.1. The summed E-state index contributed by atoms with van der Waals surface area (Å²) >= 11 is 0. The Hall–Kier alpha value is -1.64. The SMILES string of the molecule is O=C1CC=Cc2nc3c(cc21)CCCN3. The Bertz CT molecular complexity index is 463. The lowest BCUT2D eigenvalue weighted by molar-refractivity contribution is 0.0994. The van der Waals surface area contributed by atoms with Crippen LogP contribution in [0.4, 0.5) is 5.82 Å². The number of allylic oxidation sites excluding steroid dienone is 1. The number of nitrogens with one attached hydrogen (secondary N) is 1. The minimum Gasteiger partial charge on any atom is -0.370 e. The summed E-state index contributed by atoms with van der Waals surface area (Å²) < 4.78 is 0. The number of aromatic nitrogens is 1. The second-order valence-corrected chi connectivity index (χ2v) is 3.99. The molecule has 3 nitrogen and oxygen atoms in total. The third-order valence-corrected chi connectivity index (χ3v) is 2.93. The average Bonchev–Trinajstić information content (AvgIpc) is 2.27. The maximum absolute atomic E-state index is 11.7. The molecule has 0 radical (unpaired) electrons. The van der Waals surface area contributed by atoms with E-state index in [0.717, 1.165) is 36.5 Å². The fourth-order valence-electron chi connectivity index (χ4n) is 2.14. The number of fused-ring (bicyclic) bond motifs is 2. The summed E-state index contributed by atoms with van der Waals surface area (Å²) in [6.07, 6.45) is 6.48. The maximum Gasteiger partial charge on any atom is 0.168 e. The third kappa shape index (κ3) is 1.35. The van der Waals surface area contributed by atoms with Gasteiger partial charge in [-0.05, 0) is 30.5 Å². The van der Waals surface area contributed by atoms with Gasteiger partial charge in [0.1, 0.15) is 5.82 Å². The van der Waals surface area contributed by atoms with E-state index in [1.54, 1.807) is 0 Å². The van der Waals surface area contributed by atoms with Crippen LogP contribution in [-0.4, -0.2) is 17.3 Å². The summed E-state index contributed by atoms with van der Waals surface area (Å²) in [5.41, 5.74) is 2.79. The summed E-state index contributed by atoms with van der Waals surface area (Å²) in [5.74, 6) is 1.15. The van der Waals surface area contributed by atoms with Crippen LogP contribution in [0.2, 0.25) is 0 Å². The first kappa shape index (κ1) is 8.65. The van der Waals surface area contributed by atoms with Gasteiger partial charge in [0.15, 0.2) is 5.78 Å². The molecule has 0 aromatic carbocycles. The van der Waals surface area contributed by atoms with Gasteiger partial charge in [-0.2, -0.15) is 0 Å². The largest absolute Gasteiger partial charge is 0.370 e. The van der Waals surface area contributed by atoms with E-state index in [1.807, 2.05) is 18.2 Å². The fraction of sp³-hybridized carbons (Fsp3) is 0.333. The Morgan fingerprint density at radius 2 is 2.33 bits per heavy atom. The molecule has 76 valence electrons. The van der Waals surface area contributed by atoms with E-state index in [-0.39, 0.29) is 5.78 Å². The van der Waals surface area contributed by atoms with Crippen molar-refractivity contribution < 1.29 is 4.79 Å². The highest BCUT2D eigenvalue weighted by Gasteiger charge is 2.19. The van der Waals surface area contributed by atoms with Crippen molar-refractivity contribution in [1.29, 1.82) is 0 Å². The van der Waals surface area contributed by atoms with Crippen LogP contribution in [0.5, 0.6) is 0 Å². The zero-order chi connectivity index (χ0) is 10.3. The molecule has 0 amide bonds. The van der Waals surface area contributed by atoms with Gasteiger partial charge in [-0.3, -0.25) is 4.79 Å². The van der Waals surface area contributed by atoms with Crippen LogP contribution in [0, 0.1) is 0 Å². The Labute approximate surface area is 88.2 Å². The van der Waals surface area contributed by atoms with Crippen molar-refractivity contribution in [3.05, 3.63) is 29.0 Å². The first-order chi connectivity index (χ1) is 7.34. The van der Waals surface area contributed by atoms with E-state index in [0.29, 0.717) is 6.42 Å². The van der Waals surface area contributed by atoms with Crippen molar-refractivity contribution in [2.45, 2.75) is 19.3 Å². The Morgan fingerprint density at radius 3 is 3.27 bits per heavy atom. The van der Waals surface area contributed by atoms with Gasteiger partial charge in [-0.1, -0.05) is 6.08 Å². The topological polar surface area (TPSA) is 42.0 Å². The molecular formula is C12H12N2O. The smallest absolute Gasteiger partial charge is 0.168 e. The van der Waals surface area contributed by atoms with E-state index >= 15 is 0 Å². The number of ketones is 1. The molecule has 1 aliphatic carbocycles. The second-order valence-electron chi connectivity index (χ2n) is 3.99. The molecule has 1 aromatic heterocycles. The highest BCUT2D eigenvalue weighted by molar-refractivity contribution is 6.02. The fourth-order valence-corrected chi connectivity index (χ4v) is 2.14. The average molecular weight is 200 g/mol. The highest BCUT2D eigenvalue weighted by Crippen LogP contribution is 2.26. The van der Waals surface area contributed by atoms with Crippen LogP contribution < -0.4 is 5.32 Å². The quantitative estimate of drug-likeness (QED) is 0.696. The Kier molecular flexibility index (Phi) is 1.84. The number of hydrogen-bond donors (Lipinski definition) is 1. The molecule has 0 spiro atoms. The summed E-state index contributed by atoms with van der Waals surface area (Å²) in [5, 5.41) is 3.27. The number of carbonyl (C=O) groups is 1. The second kappa shape index (κ2) is 3.19. The Morgan fingerprint density at radius 1 is 1.40 bits per heavy atom. The normalized spacial score (nSPS) is 18.0. The molecule has 0 bridgehead atoms. The van der Waals surface area contributed by atoms with Gasteiger partial charge in [0, 0.05) is 18.5 Å². The first-order valence-corrected chi connectivity index (χ1v) is 5.32. The van der Waals surface area contributed by atoms with Gasteiger partial charge in [0.2, 0.25) is 0 Å². The van der Waals surface area contributed by atoms with Crippen LogP contribution in [0.3, 0.4) is 0 Å². The van der Waals surface area contributed by atoms with E-state index in [2.05, 4.69) is 10.3 Å². The Balaban J connectivity index is 2.17. The lowest BCUT2D eigenvalue weighted by Crippen LogP contribution is -2.16. The number of aryl methyl sites for hydroxylation is 1. The highest BCUT2D eigenvalue weighted by atomic mass is 16.1. The molecule has 1 aromatic rings. The number of anilines is 1. The molecule has 0 saturated heterocycles. The van der Waals surface area contributed by atoms with Gasteiger partial charge < -0.3 is 5.32 Å². The molecule has 0 atom stereocenters. The number of carbonyl (C=O) groups excluding carboxylic acids is 1. The molecule has 2 aliphatic rings. The van der Waals surface area contributed by atoms with Crippen LogP contribution >= 0.6 is 0 Å². The van der Waals surface area contributed by atoms with E-state index in [4.69, 9.17) is 0 Å². The molecule has 3 rings (SSSR count). The van der Waals surface area contributed by atoms with E-state index in [9.17, 15) is 4.79 Å². The zero-order valence-corrected chi connectivity index (χ0v) is 8.42. The van der Waals surface area contributed by atoms with Gasteiger partial charge >= 0.3 is 0 Å². The number of hydrogen-bond acceptors (Lipinski definition) is 3. The summed E-state index contributed by atoms with van der Waals surface area (Å²) in [6.45, 7) is 0.983. The predicted octanol–water partition coefficient (Wildman–Crippen LogP) is 2.04. The van der Waals surface area contributed by atoms with Crippen LogP contribution in [0.15, 0.2) is 12.1 Å². The number of nitrogens with zero attached hydrogens (tertiary/aromatic N) is 1. The van der Waals surface area contributed by atoms with Crippen molar-refractivity contribution in [1.82, 2.24) is 4.98 Å². The molecule has 1 N–H and O–H groups in total. The summed E-state index contributed by atoms with van der Waals surface area (Å²) in [7, 11) is 0. The van der Waals surface area contributed by atoms with Gasteiger partial charge in [0.25, 0.3) is 0 Å². The molecule has 0 saturated carbocycles. The number of rotatable bonds is 0. The molecule has 3 heteroatoms. The minimum atomic E-state index is 0.188. The van der Waals surface area contributed by atoms with Crippen molar-refractivity contribution in [3.8, 4) is 0 Å². The van der Waals surface area contributed by atoms with Gasteiger partial charge in [-0.15, -0.1) is 0 Å². The van der Waals surface area contributed by atoms with E-state index in [1.165, 1.54) is 5.56 Å². The maximum atomic E-state index is 11.7. The molecule has 0 unspecified atom stereocenters. The van der Waals surface area contributed by atoms with Crippen molar-refractivity contribution >= 4 is 17.7 Å². The van der Waals surface area contributed by atoms with Crippen LogP contribution in [-0.2, 0) is 6.42 Å². The zero-order valence-electron chi connectivity index (χ0n) is 8.42. The number of pyridine rings is 1. The van der Waals surface area contributed by atoms with Crippen molar-refractivity contribution in [2.75, 3.05) is 11.9 Å². The monoisotopic (exact) mass is 200 g/mol. The molecule has 1 aliphatic heterocycles. The molecule has 2 heterocycles. The third-order valence-electron chi connectivity index (χ3n) is 2.93.